The normalized spacial score (nSPS) is 27.6. The van der Waals surface area contributed by atoms with Gasteiger partial charge in [-0.3, -0.25) is 0 Å². The lowest BCUT2D eigenvalue weighted by molar-refractivity contribution is -0.212. The Hall–Kier alpha value is -0.380. The fourth-order valence-electron chi connectivity index (χ4n) is 1.45. The molecule has 14 heavy (non-hydrogen) atoms. The van der Waals surface area contributed by atoms with Gasteiger partial charge in [-0.05, 0) is 25.5 Å². The molecule has 1 aromatic rings. The second kappa shape index (κ2) is 4.43. The predicted octanol–water partition coefficient (Wildman–Crippen LogP) is 3.27. The van der Waals surface area contributed by atoms with Gasteiger partial charge in [-0.25, -0.2) is 0 Å². The Balaban J connectivity index is 2.10. The number of halogens is 1. The van der Waals surface area contributed by atoms with Crippen LogP contribution in [-0.4, -0.2) is 12.7 Å². The van der Waals surface area contributed by atoms with Crippen molar-refractivity contribution in [3.8, 4) is 0 Å². The van der Waals surface area contributed by atoms with E-state index in [-0.39, 0.29) is 12.4 Å². The Labute approximate surface area is 92.3 Å². The third kappa shape index (κ3) is 2.35. The zero-order chi connectivity index (χ0) is 9.97. The molecular formula is C11H13BrO2. The van der Waals surface area contributed by atoms with Crippen molar-refractivity contribution >= 4 is 15.9 Å². The summed E-state index contributed by atoms with van der Waals surface area (Å²) >= 11 is 3.40. The Bertz CT molecular complexity index is 297. The van der Waals surface area contributed by atoms with Crippen LogP contribution in [0.2, 0.25) is 0 Å². The first kappa shape index (κ1) is 10.1. The molecule has 0 aliphatic carbocycles. The minimum absolute atomic E-state index is 0.188. The molecule has 0 bridgehead atoms. The first-order valence-corrected chi connectivity index (χ1v) is 5.57. The minimum atomic E-state index is -0.188. The molecule has 1 aliphatic heterocycles. The van der Waals surface area contributed by atoms with Gasteiger partial charge in [0.2, 0.25) is 0 Å². The van der Waals surface area contributed by atoms with Crippen LogP contribution in [0.5, 0.6) is 0 Å². The van der Waals surface area contributed by atoms with Gasteiger partial charge in [0.1, 0.15) is 0 Å². The number of ether oxygens (including phenoxy) is 2. The van der Waals surface area contributed by atoms with Gasteiger partial charge >= 0.3 is 0 Å². The molecule has 76 valence electrons. The standard InChI is InChI=1S/C11H13BrO2/c1-8-6-7-13-11(14-8)9-2-4-10(12)5-3-9/h2-5,8,11H,6-7H2,1H3/t8-,11+/m1/s1. The molecule has 0 unspecified atom stereocenters. The van der Waals surface area contributed by atoms with Crippen LogP contribution < -0.4 is 0 Å². The van der Waals surface area contributed by atoms with Gasteiger partial charge in [-0.1, -0.05) is 28.1 Å². The zero-order valence-corrected chi connectivity index (χ0v) is 9.66. The third-order valence-electron chi connectivity index (χ3n) is 2.29. The van der Waals surface area contributed by atoms with Gasteiger partial charge in [0, 0.05) is 10.0 Å². The molecule has 0 N–H and O–H groups in total. The molecule has 1 aromatic carbocycles. The minimum Gasteiger partial charge on any atom is -0.348 e. The number of hydrogen-bond acceptors (Lipinski definition) is 2. The first-order valence-electron chi connectivity index (χ1n) is 4.78. The monoisotopic (exact) mass is 256 g/mol. The molecule has 1 aliphatic rings. The maximum absolute atomic E-state index is 5.67. The summed E-state index contributed by atoms with van der Waals surface area (Å²) in [5.41, 5.74) is 1.08. The fourth-order valence-corrected chi connectivity index (χ4v) is 1.72. The molecule has 1 saturated heterocycles. The highest BCUT2D eigenvalue weighted by Crippen LogP contribution is 2.26. The molecule has 3 heteroatoms. The van der Waals surface area contributed by atoms with Crippen LogP contribution in [0.4, 0.5) is 0 Å². The Morgan fingerprint density at radius 3 is 2.64 bits per heavy atom. The SMILES string of the molecule is C[C@@H]1CCO[C@H](c2ccc(Br)cc2)O1. The molecule has 1 fully saturated rings. The van der Waals surface area contributed by atoms with Gasteiger partial charge in [0.15, 0.2) is 6.29 Å². The lowest BCUT2D eigenvalue weighted by Gasteiger charge is -2.28. The lowest BCUT2D eigenvalue weighted by Crippen LogP contribution is -2.24. The highest BCUT2D eigenvalue weighted by molar-refractivity contribution is 9.10. The van der Waals surface area contributed by atoms with Gasteiger partial charge < -0.3 is 9.47 Å². The van der Waals surface area contributed by atoms with E-state index in [1.807, 2.05) is 24.3 Å². The summed E-state index contributed by atoms with van der Waals surface area (Å²) in [4.78, 5) is 0. The van der Waals surface area contributed by atoms with Crippen molar-refractivity contribution in [2.45, 2.75) is 25.7 Å². The van der Waals surface area contributed by atoms with Crippen LogP contribution in [0.3, 0.4) is 0 Å². The van der Waals surface area contributed by atoms with Gasteiger partial charge in [-0.2, -0.15) is 0 Å². The molecule has 0 spiro atoms. The summed E-state index contributed by atoms with van der Waals surface area (Å²) in [7, 11) is 0. The van der Waals surface area contributed by atoms with Crippen LogP contribution in [-0.2, 0) is 9.47 Å². The first-order chi connectivity index (χ1) is 6.75. The Morgan fingerprint density at radius 1 is 1.29 bits per heavy atom. The summed E-state index contributed by atoms with van der Waals surface area (Å²) in [5.74, 6) is 0. The van der Waals surface area contributed by atoms with Crippen molar-refractivity contribution in [3.05, 3.63) is 34.3 Å². The van der Waals surface area contributed by atoms with E-state index in [9.17, 15) is 0 Å². The maximum Gasteiger partial charge on any atom is 0.184 e. The van der Waals surface area contributed by atoms with E-state index in [2.05, 4.69) is 22.9 Å². The number of hydrogen-bond donors (Lipinski definition) is 0. The third-order valence-corrected chi connectivity index (χ3v) is 2.82. The van der Waals surface area contributed by atoms with Crippen LogP contribution in [0.1, 0.15) is 25.2 Å². The maximum atomic E-state index is 5.67. The van der Waals surface area contributed by atoms with Crippen LogP contribution in [0, 0.1) is 0 Å². The Kier molecular flexibility index (Phi) is 3.21. The van der Waals surface area contributed by atoms with E-state index >= 15 is 0 Å². The molecule has 2 rings (SSSR count). The summed E-state index contributed by atoms with van der Waals surface area (Å²) in [6.45, 7) is 2.86. The number of rotatable bonds is 1. The van der Waals surface area contributed by atoms with E-state index in [0.29, 0.717) is 0 Å². The van der Waals surface area contributed by atoms with Crippen LogP contribution in [0.25, 0.3) is 0 Å². The second-order valence-corrected chi connectivity index (χ2v) is 4.41. The van der Waals surface area contributed by atoms with Crippen molar-refractivity contribution in [3.63, 3.8) is 0 Å². The van der Waals surface area contributed by atoms with E-state index in [0.717, 1.165) is 23.1 Å². The van der Waals surface area contributed by atoms with Gasteiger partial charge in [-0.15, -0.1) is 0 Å². The predicted molar refractivity (Wildman–Crippen MR) is 58.0 cm³/mol. The quantitative estimate of drug-likeness (QED) is 0.768. The average Bonchev–Trinajstić information content (AvgIpc) is 2.19. The second-order valence-electron chi connectivity index (χ2n) is 3.49. The highest BCUT2D eigenvalue weighted by atomic mass is 79.9. The van der Waals surface area contributed by atoms with Crippen molar-refractivity contribution < 1.29 is 9.47 Å². The van der Waals surface area contributed by atoms with Crippen molar-refractivity contribution in [2.24, 2.45) is 0 Å². The average molecular weight is 257 g/mol. The van der Waals surface area contributed by atoms with Crippen molar-refractivity contribution in [2.75, 3.05) is 6.61 Å². The van der Waals surface area contributed by atoms with Crippen molar-refractivity contribution in [1.82, 2.24) is 0 Å². The molecule has 0 aromatic heterocycles. The topological polar surface area (TPSA) is 18.5 Å². The molecule has 0 radical (unpaired) electrons. The van der Waals surface area contributed by atoms with Crippen LogP contribution in [0.15, 0.2) is 28.7 Å². The summed E-state index contributed by atoms with van der Waals surface area (Å²) in [6, 6.07) is 8.04. The molecular weight excluding hydrogens is 244 g/mol. The van der Waals surface area contributed by atoms with E-state index in [1.54, 1.807) is 0 Å². The Morgan fingerprint density at radius 2 is 2.00 bits per heavy atom. The fraction of sp³-hybridized carbons (Fsp3) is 0.455. The largest absolute Gasteiger partial charge is 0.348 e. The lowest BCUT2D eigenvalue weighted by atomic mass is 10.2. The smallest absolute Gasteiger partial charge is 0.184 e. The molecule has 0 saturated carbocycles. The van der Waals surface area contributed by atoms with Crippen molar-refractivity contribution in [1.29, 1.82) is 0 Å². The summed E-state index contributed by atoms with van der Waals surface area (Å²) < 4.78 is 12.3. The zero-order valence-electron chi connectivity index (χ0n) is 8.07. The van der Waals surface area contributed by atoms with Gasteiger partial charge in [0.05, 0.1) is 12.7 Å². The molecule has 2 nitrogen and oxygen atoms in total. The molecule has 2 atom stereocenters. The summed E-state index contributed by atoms with van der Waals surface area (Å²) in [6.07, 6.45) is 1.08. The summed E-state index contributed by atoms with van der Waals surface area (Å²) in [5, 5.41) is 0. The van der Waals surface area contributed by atoms with E-state index < -0.39 is 0 Å². The number of benzene rings is 1. The highest BCUT2D eigenvalue weighted by Gasteiger charge is 2.20. The van der Waals surface area contributed by atoms with Gasteiger partial charge in [0.25, 0.3) is 0 Å². The van der Waals surface area contributed by atoms with E-state index in [4.69, 9.17) is 9.47 Å². The molecule has 0 amide bonds. The van der Waals surface area contributed by atoms with Crippen LogP contribution >= 0.6 is 15.9 Å². The molecule has 1 heterocycles. The van der Waals surface area contributed by atoms with E-state index in [1.165, 1.54) is 0 Å².